The monoisotopic (exact) mass is 218 g/mol. The molecule has 0 aliphatic carbocycles. The van der Waals surface area contributed by atoms with Gasteiger partial charge in [-0.1, -0.05) is 6.92 Å². The zero-order chi connectivity index (χ0) is 11.1. The lowest BCUT2D eigenvalue weighted by Gasteiger charge is -2.31. The molecule has 1 saturated heterocycles. The molecule has 90 valence electrons. The van der Waals surface area contributed by atoms with Crippen LogP contribution < -0.4 is 0 Å². The molecule has 0 aromatic heterocycles. The maximum absolute atomic E-state index is 9.23. The van der Waals surface area contributed by atoms with E-state index in [1.54, 1.807) is 0 Å². The summed E-state index contributed by atoms with van der Waals surface area (Å²) in [5.74, 6) is 0. The number of aliphatic hydroxyl groups excluding tert-OH is 2. The maximum atomic E-state index is 9.23. The van der Waals surface area contributed by atoms with Gasteiger partial charge in [0, 0.05) is 12.0 Å². The molecule has 15 heavy (non-hydrogen) atoms. The highest BCUT2D eigenvalue weighted by molar-refractivity contribution is 4.76. The van der Waals surface area contributed by atoms with Crippen molar-refractivity contribution in [2.45, 2.75) is 38.9 Å². The zero-order valence-electron chi connectivity index (χ0n) is 9.45. The summed E-state index contributed by atoms with van der Waals surface area (Å²) in [6.07, 6.45) is 3.69. The molecule has 1 fully saturated rings. The first kappa shape index (κ1) is 12.9. The van der Waals surface area contributed by atoms with Gasteiger partial charge in [-0.15, -0.1) is 0 Å². The van der Waals surface area contributed by atoms with Crippen molar-refractivity contribution in [3.63, 3.8) is 0 Å². The molecular formula is C11H22O4. The Balaban J connectivity index is 2.31. The molecule has 1 unspecified atom stereocenters. The van der Waals surface area contributed by atoms with Gasteiger partial charge in [-0.3, -0.25) is 0 Å². The molecule has 0 radical (unpaired) electrons. The summed E-state index contributed by atoms with van der Waals surface area (Å²) in [6, 6.07) is 0. The smallest absolute Gasteiger partial charge is 0.157 e. The molecular weight excluding hydrogens is 196 g/mol. The fourth-order valence-electron chi connectivity index (χ4n) is 1.58. The Bertz CT molecular complexity index is 154. The Morgan fingerprint density at radius 2 is 2.07 bits per heavy atom. The number of aliphatic hydroxyl groups is 2. The summed E-state index contributed by atoms with van der Waals surface area (Å²) in [5, 5.41) is 18.5. The molecule has 1 heterocycles. The normalized spacial score (nSPS) is 23.0. The van der Waals surface area contributed by atoms with Crippen LogP contribution in [0.5, 0.6) is 0 Å². The topological polar surface area (TPSA) is 58.9 Å². The van der Waals surface area contributed by atoms with E-state index in [0.29, 0.717) is 13.0 Å². The predicted molar refractivity (Wildman–Crippen MR) is 56.4 cm³/mol. The molecule has 4 nitrogen and oxygen atoms in total. The largest absolute Gasteiger partial charge is 0.396 e. The SMILES string of the molecule is CCC(CO)(CO)COC1CCCCO1. The molecule has 0 saturated carbocycles. The lowest BCUT2D eigenvalue weighted by molar-refractivity contribution is -0.186. The average molecular weight is 218 g/mol. The van der Waals surface area contributed by atoms with Crippen LogP contribution in [0, 0.1) is 5.41 Å². The summed E-state index contributed by atoms with van der Waals surface area (Å²) in [7, 11) is 0. The van der Waals surface area contributed by atoms with Crippen LogP contribution in [0.4, 0.5) is 0 Å². The van der Waals surface area contributed by atoms with Gasteiger partial charge in [-0.05, 0) is 25.7 Å². The molecule has 0 aromatic rings. The van der Waals surface area contributed by atoms with Gasteiger partial charge in [0.05, 0.1) is 19.8 Å². The third-order valence-electron chi connectivity index (χ3n) is 3.13. The molecule has 0 amide bonds. The van der Waals surface area contributed by atoms with E-state index in [-0.39, 0.29) is 19.5 Å². The van der Waals surface area contributed by atoms with Crippen LogP contribution in [0.1, 0.15) is 32.6 Å². The first-order valence-electron chi connectivity index (χ1n) is 5.71. The minimum Gasteiger partial charge on any atom is -0.396 e. The number of ether oxygens (including phenoxy) is 2. The van der Waals surface area contributed by atoms with Crippen LogP contribution in [-0.2, 0) is 9.47 Å². The van der Waals surface area contributed by atoms with Gasteiger partial charge in [0.1, 0.15) is 0 Å². The summed E-state index contributed by atoms with van der Waals surface area (Å²) < 4.78 is 11.0. The van der Waals surface area contributed by atoms with E-state index in [2.05, 4.69) is 0 Å². The van der Waals surface area contributed by atoms with Gasteiger partial charge in [-0.25, -0.2) is 0 Å². The van der Waals surface area contributed by atoms with Crippen LogP contribution in [-0.4, -0.2) is 42.9 Å². The quantitative estimate of drug-likeness (QED) is 0.695. The third kappa shape index (κ3) is 3.72. The van der Waals surface area contributed by atoms with Gasteiger partial charge in [0.2, 0.25) is 0 Å². The predicted octanol–water partition coefficient (Wildman–Crippen LogP) is 0.911. The van der Waals surface area contributed by atoms with Crippen LogP contribution in [0.25, 0.3) is 0 Å². The molecule has 2 N–H and O–H groups in total. The van der Waals surface area contributed by atoms with Crippen molar-refractivity contribution in [1.29, 1.82) is 0 Å². The molecule has 1 atom stereocenters. The van der Waals surface area contributed by atoms with Crippen molar-refractivity contribution in [1.82, 2.24) is 0 Å². The van der Waals surface area contributed by atoms with Crippen LogP contribution in [0.3, 0.4) is 0 Å². The second-order valence-corrected chi connectivity index (χ2v) is 4.28. The summed E-state index contributed by atoms with van der Waals surface area (Å²) >= 11 is 0. The van der Waals surface area contributed by atoms with Crippen LogP contribution in [0.15, 0.2) is 0 Å². The Morgan fingerprint density at radius 1 is 1.33 bits per heavy atom. The zero-order valence-corrected chi connectivity index (χ0v) is 9.45. The highest BCUT2D eigenvalue weighted by Gasteiger charge is 2.29. The summed E-state index contributed by atoms with van der Waals surface area (Å²) in [5.41, 5.74) is -0.513. The highest BCUT2D eigenvalue weighted by Crippen LogP contribution is 2.23. The molecule has 4 heteroatoms. The van der Waals surface area contributed by atoms with Gasteiger partial charge >= 0.3 is 0 Å². The second kappa shape index (κ2) is 6.43. The van der Waals surface area contributed by atoms with Crippen molar-refractivity contribution in [2.75, 3.05) is 26.4 Å². The van der Waals surface area contributed by atoms with Crippen molar-refractivity contribution >= 4 is 0 Å². The van der Waals surface area contributed by atoms with Gasteiger partial charge in [0.25, 0.3) is 0 Å². The van der Waals surface area contributed by atoms with E-state index in [9.17, 15) is 10.2 Å². The van der Waals surface area contributed by atoms with Crippen molar-refractivity contribution in [3.05, 3.63) is 0 Å². The van der Waals surface area contributed by atoms with Crippen molar-refractivity contribution in [2.24, 2.45) is 5.41 Å². The lowest BCUT2D eigenvalue weighted by atomic mass is 9.88. The number of rotatable bonds is 6. The first-order valence-corrected chi connectivity index (χ1v) is 5.71. The van der Waals surface area contributed by atoms with E-state index in [1.165, 1.54) is 0 Å². The Hall–Kier alpha value is -0.160. The fraction of sp³-hybridized carbons (Fsp3) is 1.00. The third-order valence-corrected chi connectivity index (χ3v) is 3.13. The van der Waals surface area contributed by atoms with E-state index < -0.39 is 5.41 Å². The standard InChI is InChI=1S/C11H22O4/c1-2-11(7-12,8-13)9-15-10-5-3-4-6-14-10/h10,12-13H,2-9H2,1H3. The van der Waals surface area contributed by atoms with E-state index in [0.717, 1.165) is 25.9 Å². The van der Waals surface area contributed by atoms with Gasteiger partial charge in [0.15, 0.2) is 6.29 Å². The van der Waals surface area contributed by atoms with Crippen molar-refractivity contribution in [3.8, 4) is 0 Å². The van der Waals surface area contributed by atoms with Crippen LogP contribution >= 0.6 is 0 Å². The van der Waals surface area contributed by atoms with E-state index in [4.69, 9.17) is 9.47 Å². The maximum Gasteiger partial charge on any atom is 0.157 e. The second-order valence-electron chi connectivity index (χ2n) is 4.28. The van der Waals surface area contributed by atoms with E-state index >= 15 is 0 Å². The molecule has 0 aromatic carbocycles. The lowest BCUT2D eigenvalue weighted by Crippen LogP contribution is -2.37. The Kier molecular flexibility index (Phi) is 5.53. The Morgan fingerprint density at radius 3 is 2.53 bits per heavy atom. The number of hydrogen-bond acceptors (Lipinski definition) is 4. The Labute approximate surface area is 91.2 Å². The molecule has 1 aliphatic rings. The minimum absolute atomic E-state index is 0.0489. The highest BCUT2D eigenvalue weighted by atomic mass is 16.7. The summed E-state index contributed by atoms with van der Waals surface area (Å²) in [6.45, 7) is 2.96. The van der Waals surface area contributed by atoms with E-state index in [1.807, 2.05) is 6.92 Å². The first-order chi connectivity index (χ1) is 7.26. The average Bonchev–Trinajstić information content (AvgIpc) is 2.33. The van der Waals surface area contributed by atoms with Gasteiger partial charge < -0.3 is 19.7 Å². The van der Waals surface area contributed by atoms with Crippen LogP contribution in [0.2, 0.25) is 0 Å². The molecule has 1 rings (SSSR count). The molecule has 0 spiro atoms. The summed E-state index contributed by atoms with van der Waals surface area (Å²) in [4.78, 5) is 0. The minimum atomic E-state index is -0.513. The fourth-order valence-corrected chi connectivity index (χ4v) is 1.58. The molecule has 0 bridgehead atoms. The van der Waals surface area contributed by atoms with Gasteiger partial charge in [-0.2, -0.15) is 0 Å². The number of hydrogen-bond donors (Lipinski definition) is 2. The van der Waals surface area contributed by atoms with Crippen molar-refractivity contribution < 1.29 is 19.7 Å². The molecule has 1 aliphatic heterocycles.